The number of alkyl carbamates (subject to hydrolysis) is 1. The zero-order valence-electron chi connectivity index (χ0n) is 27.5. The van der Waals surface area contributed by atoms with Crippen LogP contribution in [-0.2, 0) is 23.8 Å². The van der Waals surface area contributed by atoms with E-state index in [1.165, 1.54) is 0 Å². The average Bonchev–Trinajstić information content (AvgIpc) is 3.31. The van der Waals surface area contributed by atoms with Crippen molar-refractivity contribution < 1.29 is 132 Å². The number of hydrogen-bond acceptors (Lipinski definition) is 9. The largest absolute Gasteiger partial charge is 0.458 e. The Morgan fingerprint density at radius 3 is 2.43 bits per heavy atom. The van der Waals surface area contributed by atoms with Gasteiger partial charge in [-0.2, -0.15) is 0 Å². The fraction of sp³-hybridized carbons (Fsp3) is 0.618. The molecule has 0 spiro atoms. The molecule has 3 aliphatic rings. The van der Waals surface area contributed by atoms with Crippen LogP contribution in [0, 0.1) is 111 Å². The van der Waals surface area contributed by atoms with E-state index >= 15 is 0 Å². The zero-order chi connectivity index (χ0) is 32.4. The smallest absolute Gasteiger partial charge is 0.408 e. The predicted molar refractivity (Wildman–Crippen MR) is 162 cm³/mol. The molecular weight excluding hydrogens is 1020 g/mol. The number of fused-ring (bicyclic) bond motifs is 1. The molecule has 4 rings (SSSR count). The molecule has 2 saturated carbocycles. The first kappa shape index (κ1) is 41.8. The molecule has 1 saturated heterocycles. The molecule has 4 N–H and O–H groups in total. The molecule has 0 bridgehead atoms. The molecule has 12 heteroatoms. The van der Waals surface area contributed by atoms with Gasteiger partial charge in [0, 0.05) is 93.5 Å². The summed E-state index contributed by atoms with van der Waals surface area (Å²) < 4.78 is 16.2. The van der Waals surface area contributed by atoms with Gasteiger partial charge in [-0.3, -0.25) is 0 Å². The van der Waals surface area contributed by atoms with Gasteiger partial charge in [0.15, 0.2) is 12.2 Å². The maximum Gasteiger partial charge on any atom is 0.408 e. The Labute approximate surface area is 343 Å². The summed E-state index contributed by atoms with van der Waals surface area (Å²) in [7, 11) is 0. The quantitative estimate of drug-likeness (QED) is 0.131. The third-order valence-corrected chi connectivity index (χ3v) is 9.86. The summed E-state index contributed by atoms with van der Waals surface area (Å²) in [5.41, 5.74) is -0.00423. The molecule has 1 aliphatic heterocycles. The van der Waals surface area contributed by atoms with Crippen molar-refractivity contribution in [2.75, 3.05) is 13.2 Å². The molecule has 8 atom stereocenters. The Morgan fingerprint density at radius 2 is 1.83 bits per heavy atom. The second-order valence-corrected chi connectivity index (χ2v) is 13.9. The van der Waals surface area contributed by atoms with E-state index in [1.807, 2.05) is 6.92 Å². The van der Waals surface area contributed by atoms with Gasteiger partial charge in [-0.25, -0.2) is 14.4 Å². The van der Waals surface area contributed by atoms with Crippen LogP contribution < -0.4 is 5.32 Å². The van der Waals surface area contributed by atoms with Crippen LogP contribution >= 0.6 is 0 Å². The van der Waals surface area contributed by atoms with Crippen molar-refractivity contribution in [3.05, 3.63) is 59.7 Å². The Morgan fingerprint density at radius 1 is 1.17 bits per heavy atom. The normalized spacial score (nSPS) is 31.3. The van der Waals surface area contributed by atoms with Gasteiger partial charge < -0.3 is 34.8 Å². The number of aliphatic hydroxyl groups excluding tert-OH is 3. The molecule has 1 amide bonds. The van der Waals surface area contributed by atoms with Gasteiger partial charge in [0.25, 0.3) is 0 Å². The van der Waals surface area contributed by atoms with Crippen LogP contribution in [0.5, 0.6) is 0 Å². The van der Waals surface area contributed by atoms with Crippen molar-refractivity contribution in [1.29, 1.82) is 0 Å². The minimum Gasteiger partial charge on any atom is -0.458 e. The van der Waals surface area contributed by atoms with Gasteiger partial charge in [-0.1, -0.05) is 62.4 Å². The minimum atomic E-state index is -1.80. The molecule has 1 heterocycles. The number of carbonyl (C=O) groups excluding carboxylic acids is 3. The van der Waals surface area contributed by atoms with Gasteiger partial charge >= 0.3 is 18.0 Å². The summed E-state index contributed by atoms with van der Waals surface area (Å²) >= 11 is 0. The number of nitrogens with one attached hydrogen (secondary N) is 1. The first-order chi connectivity index (χ1) is 20.6. The number of allylic oxidation sites excluding steroid dienone is 2. The number of cyclic esters (lactones) is 1. The predicted octanol–water partition coefficient (Wildman–Crippen LogP) is 4.14. The molecule has 4 unspecified atom stereocenters. The zero-order valence-corrected chi connectivity index (χ0v) is 37.0. The number of rotatable bonds is 8. The summed E-state index contributed by atoms with van der Waals surface area (Å²) in [6.07, 6.45) is 0.795. The van der Waals surface area contributed by atoms with E-state index in [2.05, 4.69) is 18.8 Å². The van der Waals surface area contributed by atoms with Crippen molar-refractivity contribution >= 4 is 18.0 Å². The van der Waals surface area contributed by atoms with E-state index in [4.69, 9.17) is 14.2 Å². The van der Waals surface area contributed by atoms with Crippen molar-refractivity contribution in [3.8, 4) is 0 Å². The van der Waals surface area contributed by atoms with Crippen LogP contribution in [0.1, 0.15) is 78.3 Å². The van der Waals surface area contributed by atoms with Crippen LogP contribution in [0.25, 0.3) is 0 Å². The third-order valence-electron chi connectivity index (χ3n) is 9.86. The topological polar surface area (TPSA) is 152 Å². The summed E-state index contributed by atoms with van der Waals surface area (Å²) in [6.45, 7) is 13.2. The van der Waals surface area contributed by atoms with Crippen molar-refractivity contribution in [3.63, 3.8) is 0 Å². The van der Waals surface area contributed by atoms with Crippen LogP contribution in [-0.4, -0.2) is 70.5 Å². The third kappa shape index (κ3) is 9.26. The van der Waals surface area contributed by atoms with Crippen LogP contribution in [0.15, 0.2) is 54.1 Å². The summed E-state index contributed by atoms with van der Waals surface area (Å²) in [6, 6.07) is 7.32. The van der Waals surface area contributed by atoms with E-state index < -0.39 is 53.4 Å². The number of esters is 2. The van der Waals surface area contributed by atoms with Gasteiger partial charge in [0.1, 0.15) is 12.2 Å². The Hall–Kier alpha value is -0.327. The van der Waals surface area contributed by atoms with Crippen molar-refractivity contribution in [1.82, 2.24) is 5.32 Å². The van der Waals surface area contributed by atoms with Gasteiger partial charge in [-0.15, -0.1) is 0 Å². The molecule has 0 aromatic heterocycles. The van der Waals surface area contributed by atoms with E-state index in [9.17, 15) is 29.7 Å². The Balaban J connectivity index is 0.00000368. The maximum absolute atomic E-state index is 13.2. The molecule has 46 heavy (non-hydrogen) atoms. The molecule has 2 aliphatic carbocycles. The molecule has 1 aromatic carbocycles. The number of ether oxygens (including phenoxy) is 3. The summed E-state index contributed by atoms with van der Waals surface area (Å²) in [5, 5.41) is 34.7. The van der Waals surface area contributed by atoms with E-state index in [0.717, 1.165) is 24.8 Å². The number of amides is 1. The van der Waals surface area contributed by atoms with Gasteiger partial charge in [-0.05, 0) is 75.7 Å². The minimum absolute atomic E-state index is 0. The number of carbonyl (C=O) groups is 3. The van der Waals surface area contributed by atoms with Crippen molar-refractivity contribution in [2.45, 2.75) is 96.7 Å². The summed E-state index contributed by atoms with van der Waals surface area (Å²) in [4.78, 5) is 38.6. The van der Waals surface area contributed by atoms with E-state index in [0.29, 0.717) is 18.4 Å². The molecule has 3 fully saturated rings. The number of benzene rings is 1. The molecule has 1 aromatic rings. The maximum atomic E-state index is 13.2. The second kappa shape index (κ2) is 17.1. The average molecular weight is 1070 g/mol. The Bertz CT molecular complexity index is 1280. The van der Waals surface area contributed by atoms with Gasteiger partial charge in [0.2, 0.25) is 0 Å². The first-order valence-corrected chi connectivity index (χ1v) is 15.4. The molecule has 2 radical (unpaired) electrons. The SMILES string of the molecule is C=C1CCC2[C@](C)(CO)C(O)CC[C@]2(C)[C@H]1C/C=C1/C(=O)OCC1OC(=O)C(O)[C@@H](NC(=O)OC(C)(C)C)c1ccccc1.[Ac].[Ac]. The summed E-state index contributed by atoms with van der Waals surface area (Å²) in [5.74, 6) is -1.60. The number of hydrogen-bond donors (Lipinski definition) is 4. The second-order valence-electron chi connectivity index (χ2n) is 13.9. The fourth-order valence-electron chi connectivity index (χ4n) is 7.43. The number of aliphatic hydroxyl groups is 3. The van der Waals surface area contributed by atoms with Gasteiger partial charge in [0.05, 0.1) is 24.3 Å². The van der Waals surface area contributed by atoms with Crippen LogP contribution in [0.4, 0.5) is 4.79 Å². The first-order valence-electron chi connectivity index (χ1n) is 15.4. The monoisotopic (exact) mass is 1070 g/mol. The fourth-order valence-corrected chi connectivity index (χ4v) is 7.43. The van der Waals surface area contributed by atoms with E-state index in [-0.39, 0.29) is 124 Å². The molecule has 248 valence electrons. The Kier molecular flexibility index (Phi) is 15.5. The van der Waals surface area contributed by atoms with Crippen molar-refractivity contribution in [2.24, 2.45) is 22.7 Å². The molecule has 10 nitrogen and oxygen atoms in total. The van der Waals surface area contributed by atoms with E-state index in [1.54, 1.807) is 57.2 Å². The van der Waals surface area contributed by atoms with Crippen LogP contribution in [0.2, 0.25) is 0 Å². The standard InChI is InChI=1S/C34H47NO9.2Ac/c1-20-12-15-25-33(5,17-16-26(37)34(25,6)19-36)23(20)14-13-22-24(18-42-29(22)39)43-30(40)28(38)27(21-10-8-7-9-11-21)35-31(41)44-32(2,3)4;;/h7-11,13,23-28,36-38H,1,12,14-19H2,2-6H3,(H,35,41);;/b22-13+;;/t23-,24?,25?,26?,27-,28?,33+,34-;;/m0../s1. The van der Waals surface area contributed by atoms with Crippen LogP contribution in [0.3, 0.4) is 0 Å². The molecular formula is C34H47Ac2NO9.